The van der Waals surface area contributed by atoms with Crippen molar-refractivity contribution in [3.63, 3.8) is 0 Å². The second kappa shape index (κ2) is 5.32. The third kappa shape index (κ3) is 2.27. The molecule has 122 valence electrons. The first-order chi connectivity index (χ1) is 12.2. The second-order valence-corrected chi connectivity index (χ2v) is 7.48. The lowest BCUT2D eigenvalue weighted by Gasteiger charge is -2.16. The monoisotopic (exact) mass is 343 g/mol. The smallest absolute Gasteiger partial charge is 0.0492 e. The number of benzene rings is 3. The van der Waals surface area contributed by atoms with Crippen LogP contribution >= 0.6 is 11.6 Å². The van der Waals surface area contributed by atoms with Crippen LogP contribution in [0.1, 0.15) is 40.2 Å². The zero-order valence-corrected chi connectivity index (χ0v) is 14.5. The highest BCUT2D eigenvalue weighted by Gasteiger charge is 2.56. The van der Waals surface area contributed by atoms with Gasteiger partial charge in [-0.05, 0) is 58.0 Å². The second-order valence-electron chi connectivity index (χ2n) is 7.04. The van der Waals surface area contributed by atoms with E-state index in [9.17, 15) is 0 Å². The van der Waals surface area contributed by atoms with Crippen molar-refractivity contribution in [3.8, 4) is 0 Å². The number of fused-ring (bicyclic) bond motifs is 5. The molecule has 0 radical (unpaired) electrons. The standard InChI is InChI=1S/C23H18ClN/c24-16-7-5-6-15(12-16)13-20-17-8-1-2-9-18(17)22-14-23(22,25)21-11-4-3-10-19(20)21/h1-13,22H,14,25H2/b20-13+/t22-,23-/m1/s1. The predicted octanol–water partition coefficient (Wildman–Crippen LogP) is 5.58. The van der Waals surface area contributed by atoms with Crippen molar-refractivity contribution in [2.75, 3.05) is 0 Å². The first-order valence-electron chi connectivity index (χ1n) is 8.62. The molecule has 2 aliphatic carbocycles. The molecule has 0 heterocycles. The van der Waals surface area contributed by atoms with Crippen LogP contribution in [0.3, 0.4) is 0 Å². The Hall–Kier alpha value is -2.35. The summed E-state index contributed by atoms with van der Waals surface area (Å²) in [5.74, 6) is 0.398. The van der Waals surface area contributed by atoms with E-state index in [1.165, 1.54) is 27.8 Å². The normalized spacial score (nSPS) is 24.9. The molecule has 0 aliphatic heterocycles. The fourth-order valence-corrected chi connectivity index (χ4v) is 4.40. The summed E-state index contributed by atoms with van der Waals surface area (Å²) < 4.78 is 0. The topological polar surface area (TPSA) is 26.0 Å². The highest BCUT2D eigenvalue weighted by atomic mass is 35.5. The molecular formula is C23H18ClN. The average molecular weight is 344 g/mol. The van der Waals surface area contributed by atoms with Gasteiger partial charge >= 0.3 is 0 Å². The molecule has 3 aromatic carbocycles. The number of hydrogen-bond donors (Lipinski definition) is 1. The van der Waals surface area contributed by atoms with Crippen LogP contribution in [0.2, 0.25) is 5.02 Å². The van der Waals surface area contributed by atoms with Crippen molar-refractivity contribution in [3.05, 3.63) is 106 Å². The van der Waals surface area contributed by atoms with Crippen molar-refractivity contribution < 1.29 is 0 Å². The summed E-state index contributed by atoms with van der Waals surface area (Å²) in [4.78, 5) is 0. The molecule has 3 aromatic rings. The van der Waals surface area contributed by atoms with Gasteiger partial charge < -0.3 is 5.73 Å². The molecule has 2 atom stereocenters. The van der Waals surface area contributed by atoms with Crippen LogP contribution in [0.15, 0.2) is 72.8 Å². The van der Waals surface area contributed by atoms with E-state index in [0.717, 1.165) is 17.0 Å². The van der Waals surface area contributed by atoms with Gasteiger partial charge in [0, 0.05) is 16.5 Å². The van der Waals surface area contributed by atoms with E-state index in [4.69, 9.17) is 17.3 Å². The molecule has 0 amide bonds. The molecule has 25 heavy (non-hydrogen) atoms. The zero-order chi connectivity index (χ0) is 17.0. The Morgan fingerprint density at radius 3 is 2.52 bits per heavy atom. The fraction of sp³-hybridized carbons (Fsp3) is 0.130. The van der Waals surface area contributed by atoms with Crippen LogP contribution < -0.4 is 5.73 Å². The maximum atomic E-state index is 6.81. The molecule has 1 saturated carbocycles. The number of halogens is 1. The molecule has 2 N–H and O–H groups in total. The molecule has 2 aliphatic rings. The van der Waals surface area contributed by atoms with E-state index in [1.54, 1.807) is 0 Å². The molecule has 1 nitrogen and oxygen atoms in total. The van der Waals surface area contributed by atoms with Crippen molar-refractivity contribution in [2.45, 2.75) is 17.9 Å². The van der Waals surface area contributed by atoms with Gasteiger partial charge in [0.05, 0.1) is 0 Å². The molecule has 5 rings (SSSR count). The van der Waals surface area contributed by atoms with Crippen molar-refractivity contribution in [2.24, 2.45) is 5.73 Å². The fourth-order valence-electron chi connectivity index (χ4n) is 4.20. The van der Waals surface area contributed by atoms with Crippen molar-refractivity contribution in [1.82, 2.24) is 0 Å². The molecule has 0 bridgehead atoms. The summed E-state index contributed by atoms with van der Waals surface area (Å²) in [5, 5.41) is 0.752. The maximum absolute atomic E-state index is 6.81. The van der Waals surface area contributed by atoms with Crippen LogP contribution in [0.5, 0.6) is 0 Å². The van der Waals surface area contributed by atoms with Crippen molar-refractivity contribution >= 4 is 23.3 Å². The van der Waals surface area contributed by atoms with E-state index in [2.05, 4.69) is 60.7 Å². The van der Waals surface area contributed by atoms with Gasteiger partial charge in [-0.15, -0.1) is 0 Å². The molecule has 0 saturated heterocycles. The van der Waals surface area contributed by atoms with Crippen molar-refractivity contribution in [1.29, 1.82) is 0 Å². The van der Waals surface area contributed by atoms with Gasteiger partial charge in [0.25, 0.3) is 0 Å². The molecule has 2 heteroatoms. The molecular weight excluding hydrogens is 326 g/mol. The molecule has 0 unspecified atom stereocenters. The maximum Gasteiger partial charge on any atom is 0.0492 e. The van der Waals surface area contributed by atoms with Gasteiger partial charge in [-0.1, -0.05) is 72.3 Å². The lowest BCUT2D eigenvalue weighted by molar-refractivity contribution is 0.707. The zero-order valence-electron chi connectivity index (χ0n) is 13.7. The Kier molecular flexibility index (Phi) is 3.18. The van der Waals surface area contributed by atoms with Gasteiger partial charge in [-0.25, -0.2) is 0 Å². The number of nitrogens with two attached hydrogens (primary N) is 1. The van der Waals surface area contributed by atoms with E-state index in [0.29, 0.717) is 5.92 Å². The average Bonchev–Trinajstić information content (AvgIpc) is 3.33. The minimum atomic E-state index is -0.239. The molecule has 0 aromatic heterocycles. The lowest BCUT2D eigenvalue weighted by atomic mass is 9.90. The number of rotatable bonds is 1. The highest BCUT2D eigenvalue weighted by Crippen LogP contribution is 2.61. The quantitative estimate of drug-likeness (QED) is 0.613. The first kappa shape index (κ1) is 14.9. The Balaban J connectivity index is 1.81. The SMILES string of the molecule is N[C@@]12C[C@@H]1c1ccccc1/C(=C\c1cccc(Cl)c1)c1ccccc12. The molecule has 1 fully saturated rings. The Labute approximate surface area is 152 Å². The Morgan fingerprint density at radius 1 is 0.920 bits per heavy atom. The first-order valence-corrected chi connectivity index (χ1v) is 9.00. The van der Waals surface area contributed by atoms with Crippen LogP contribution in [0.25, 0.3) is 11.6 Å². The summed E-state index contributed by atoms with van der Waals surface area (Å²) in [5.41, 5.74) is 14.0. The van der Waals surface area contributed by atoms with Gasteiger partial charge in [-0.3, -0.25) is 0 Å². The summed E-state index contributed by atoms with van der Waals surface area (Å²) >= 11 is 6.20. The molecule has 0 spiro atoms. The van der Waals surface area contributed by atoms with Crippen LogP contribution in [-0.4, -0.2) is 0 Å². The predicted molar refractivity (Wildman–Crippen MR) is 105 cm³/mol. The minimum absolute atomic E-state index is 0.239. The summed E-state index contributed by atoms with van der Waals surface area (Å²) in [7, 11) is 0. The minimum Gasteiger partial charge on any atom is -0.321 e. The Bertz CT molecular complexity index is 1020. The highest BCUT2D eigenvalue weighted by molar-refractivity contribution is 6.30. The summed E-state index contributed by atoms with van der Waals surface area (Å²) in [6.07, 6.45) is 3.25. The van der Waals surface area contributed by atoms with Gasteiger partial charge in [0.2, 0.25) is 0 Å². The van der Waals surface area contributed by atoms with E-state index >= 15 is 0 Å². The Morgan fingerprint density at radius 2 is 1.68 bits per heavy atom. The number of hydrogen-bond acceptors (Lipinski definition) is 1. The van der Waals surface area contributed by atoms with Gasteiger partial charge in [0.1, 0.15) is 0 Å². The largest absolute Gasteiger partial charge is 0.321 e. The third-order valence-corrected chi connectivity index (χ3v) is 5.74. The van der Waals surface area contributed by atoms with Gasteiger partial charge in [-0.2, -0.15) is 0 Å². The van der Waals surface area contributed by atoms with E-state index in [1.807, 2.05) is 18.2 Å². The van der Waals surface area contributed by atoms with Crippen LogP contribution in [0.4, 0.5) is 0 Å². The van der Waals surface area contributed by atoms with E-state index < -0.39 is 0 Å². The summed E-state index contributed by atoms with van der Waals surface area (Å²) in [6.45, 7) is 0. The van der Waals surface area contributed by atoms with E-state index in [-0.39, 0.29) is 5.54 Å². The van der Waals surface area contributed by atoms with Crippen LogP contribution in [0, 0.1) is 0 Å². The third-order valence-electron chi connectivity index (χ3n) is 5.51. The van der Waals surface area contributed by atoms with Crippen LogP contribution in [-0.2, 0) is 5.54 Å². The lowest BCUT2D eigenvalue weighted by Crippen LogP contribution is -2.22. The van der Waals surface area contributed by atoms with Gasteiger partial charge in [0.15, 0.2) is 0 Å². The summed E-state index contributed by atoms with van der Waals surface area (Å²) in [6, 6.07) is 25.2.